The molecule has 1 spiro atoms. The van der Waals surface area contributed by atoms with Gasteiger partial charge in [0.15, 0.2) is 11.6 Å². The molecule has 2 heterocycles. The average molecular weight is 374 g/mol. The zero-order valence-electron chi connectivity index (χ0n) is 14.2. The van der Waals surface area contributed by atoms with Crippen molar-refractivity contribution in [3.05, 3.63) is 53.4 Å². The first kappa shape index (κ1) is 17.4. The molecule has 0 unspecified atom stereocenters. The van der Waals surface area contributed by atoms with Crippen molar-refractivity contribution in [1.82, 2.24) is 4.98 Å². The number of nitrogens with one attached hydrogen (secondary N) is 1. The van der Waals surface area contributed by atoms with Crippen molar-refractivity contribution in [2.45, 2.75) is 37.2 Å². The molecule has 4 rings (SSSR count). The van der Waals surface area contributed by atoms with Crippen molar-refractivity contribution in [1.29, 1.82) is 0 Å². The molecule has 1 aliphatic heterocycles. The number of aromatic nitrogens is 1. The van der Waals surface area contributed by atoms with Crippen molar-refractivity contribution in [3.63, 3.8) is 0 Å². The number of pyridine rings is 1. The van der Waals surface area contributed by atoms with E-state index in [9.17, 15) is 23.5 Å². The standard InChI is InChI=1S/C19H16F2N2O4/c20-10-1-4-15(12(21)9-10)27-11-5-7-19(8-6-11)16-13(23-18(19)26)2-3-14(22-16)17(24)25/h1-4,9,11H,5-8H2,(H,23,26)(H,24,25). The number of fused-ring (bicyclic) bond motifs is 2. The van der Waals surface area contributed by atoms with E-state index in [0.717, 1.165) is 12.1 Å². The van der Waals surface area contributed by atoms with Gasteiger partial charge >= 0.3 is 5.97 Å². The van der Waals surface area contributed by atoms with E-state index in [4.69, 9.17) is 4.74 Å². The number of carboxylic acid groups (broad SMARTS) is 1. The van der Waals surface area contributed by atoms with Crippen LogP contribution in [0.2, 0.25) is 0 Å². The van der Waals surface area contributed by atoms with Gasteiger partial charge in [-0.1, -0.05) is 0 Å². The van der Waals surface area contributed by atoms with E-state index in [1.54, 1.807) is 6.07 Å². The highest BCUT2D eigenvalue weighted by atomic mass is 19.1. The minimum Gasteiger partial charge on any atom is -0.487 e. The number of anilines is 1. The third-order valence-electron chi connectivity index (χ3n) is 5.22. The fourth-order valence-corrected chi connectivity index (χ4v) is 3.81. The molecule has 1 saturated carbocycles. The number of hydrogen-bond donors (Lipinski definition) is 2. The van der Waals surface area contributed by atoms with Crippen LogP contribution in [0.3, 0.4) is 0 Å². The first-order valence-corrected chi connectivity index (χ1v) is 8.57. The third kappa shape index (κ3) is 2.90. The minimum absolute atomic E-state index is 0.0279. The number of amides is 1. The molecule has 27 heavy (non-hydrogen) atoms. The number of rotatable bonds is 3. The molecule has 6 nitrogen and oxygen atoms in total. The normalized spacial score (nSPS) is 23.8. The van der Waals surface area contributed by atoms with E-state index in [1.165, 1.54) is 12.1 Å². The van der Waals surface area contributed by atoms with Crippen LogP contribution in [0, 0.1) is 11.6 Å². The molecule has 1 aliphatic carbocycles. The van der Waals surface area contributed by atoms with Crippen molar-refractivity contribution in [2.75, 3.05) is 5.32 Å². The lowest BCUT2D eigenvalue weighted by Gasteiger charge is -2.35. The molecular formula is C19H16F2N2O4. The summed E-state index contributed by atoms with van der Waals surface area (Å²) in [5, 5.41) is 11.9. The Labute approximate surface area is 153 Å². The van der Waals surface area contributed by atoms with Gasteiger partial charge in [0.1, 0.15) is 11.5 Å². The zero-order chi connectivity index (χ0) is 19.2. The van der Waals surface area contributed by atoms with E-state index < -0.39 is 23.0 Å². The quantitative estimate of drug-likeness (QED) is 0.861. The molecule has 0 radical (unpaired) electrons. The molecule has 2 N–H and O–H groups in total. The molecule has 0 bridgehead atoms. The first-order chi connectivity index (χ1) is 12.9. The highest BCUT2D eigenvalue weighted by Gasteiger charge is 2.50. The summed E-state index contributed by atoms with van der Waals surface area (Å²) in [6, 6.07) is 6.03. The number of carboxylic acids is 1. The summed E-state index contributed by atoms with van der Waals surface area (Å²) in [5.41, 5.74) is -0.0497. The van der Waals surface area contributed by atoms with Crippen LogP contribution in [0.1, 0.15) is 41.9 Å². The van der Waals surface area contributed by atoms with Crippen LogP contribution in [-0.4, -0.2) is 28.1 Å². The Bertz CT molecular complexity index is 939. The Kier molecular flexibility index (Phi) is 4.05. The van der Waals surface area contributed by atoms with E-state index in [2.05, 4.69) is 10.3 Å². The summed E-state index contributed by atoms with van der Waals surface area (Å²) in [7, 11) is 0. The molecule has 2 aliphatic rings. The van der Waals surface area contributed by atoms with Gasteiger partial charge in [0.25, 0.3) is 0 Å². The van der Waals surface area contributed by atoms with Crippen LogP contribution in [0.15, 0.2) is 30.3 Å². The van der Waals surface area contributed by atoms with Gasteiger partial charge in [-0.15, -0.1) is 0 Å². The zero-order valence-corrected chi connectivity index (χ0v) is 14.2. The van der Waals surface area contributed by atoms with Gasteiger partial charge < -0.3 is 15.2 Å². The van der Waals surface area contributed by atoms with E-state index >= 15 is 0 Å². The lowest BCUT2D eigenvalue weighted by molar-refractivity contribution is -0.122. The van der Waals surface area contributed by atoms with Gasteiger partial charge in [-0.05, 0) is 49.9 Å². The lowest BCUT2D eigenvalue weighted by Crippen LogP contribution is -2.41. The predicted molar refractivity (Wildman–Crippen MR) is 90.7 cm³/mol. The monoisotopic (exact) mass is 374 g/mol. The van der Waals surface area contributed by atoms with Gasteiger partial charge in [-0.3, -0.25) is 4.79 Å². The van der Waals surface area contributed by atoms with Crippen molar-refractivity contribution >= 4 is 17.6 Å². The largest absolute Gasteiger partial charge is 0.487 e. The second-order valence-corrected chi connectivity index (χ2v) is 6.83. The van der Waals surface area contributed by atoms with Gasteiger partial charge in [-0.25, -0.2) is 18.6 Å². The summed E-state index contributed by atoms with van der Waals surface area (Å²) in [6.45, 7) is 0. The van der Waals surface area contributed by atoms with Crippen LogP contribution in [-0.2, 0) is 10.2 Å². The second-order valence-electron chi connectivity index (χ2n) is 6.83. The molecule has 1 amide bonds. The van der Waals surface area contributed by atoms with E-state index in [1.807, 2.05) is 0 Å². The SMILES string of the molecule is O=C(O)c1ccc2c(n1)C1(CCC(Oc3ccc(F)cc3F)CC1)C(=O)N2. The molecule has 0 saturated heterocycles. The Morgan fingerprint density at radius 1 is 1.22 bits per heavy atom. The van der Waals surface area contributed by atoms with Crippen molar-refractivity contribution in [3.8, 4) is 5.75 Å². The van der Waals surface area contributed by atoms with Crippen LogP contribution in [0.25, 0.3) is 0 Å². The van der Waals surface area contributed by atoms with Crippen LogP contribution < -0.4 is 10.1 Å². The molecule has 1 aromatic carbocycles. The topological polar surface area (TPSA) is 88.5 Å². The summed E-state index contributed by atoms with van der Waals surface area (Å²) in [4.78, 5) is 28.0. The van der Waals surface area contributed by atoms with Crippen LogP contribution in [0.4, 0.5) is 14.5 Å². The molecular weight excluding hydrogens is 358 g/mol. The number of nitrogens with zero attached hydrogens (tertiary/aromatic N) is 1. The smallest absolute Gasteiger partial charge is 0.354 e. The van der Waals surface area contributed by atoms with E-state index in [0.29, 0.717) is 37.1 Å². The minimum atomic E-state index is -1.16. The highest BCUT2D eigenvalue weighted by Crippen LogP contribution is 2.47. The Morgan fingerprint density at radius 2 is 1.96 bits per heavy atom. The fraction of sp³-hybridized carbons (Fsp3) is 0.316. The first-order valence-electron chi connectivity index (χ1n) is 8.57. The van der Waals surface area contributed by atoms with Crippen LogP contribution >= 0.6 is 0 Å². The highest BCUT2D eigenvalue weighted by molar-refractivity contribution is 6.06. The van der Waals surface area contributed by atoms with Gasteiger partial charge in [0, 0.05) is 6.07 Å². The number of benzene rings is 1. The number of ether oxygens (including phenoxy) is 1. The Morgan fingerprint density at radius 3 is 2.63 bits per heavy atom. The fourth-order valence-electron chi connectivity index (χ4n) is 3.81. The molecule has 1 aromatic heterocycles. The predicted octanol–water partition coefficient (Wildman–Crippen LogP) is 3.27. The number of carbonyl (C=O) groups excluding carboxylic acids is 1. The number of halogens is 2. The van der Waals surface area contributed by atoms with Crippen molar-refractivity contribution < 1.29 is 28.2 Å². The lowest BCUT2D eigenvalue weighted by atomic mass is 9.71. The summed E-state index contributed by atoms with van der Waals surface area (Å²) < 4.78 is 32.4. The maximum atomic E-state index is 13.8. The summed E-state index contributed by atoms with van der Waals surface area (Å²) in [5.74, 6) is -2.84. The molecule has 1 fully saturated rings. The van der Waals surface area contributed by atoms with Crippen molar-refractivity contribution in [2.24, 2.45) is 0 Å². The van der Waals surface area contributed by atoms with Gasteiger partial charge in [0.2, 0.25) is 5.91 Å². The van der Waals surface area contributed by atoms with E-state index in [-0.39, 0.29) is 23.5 Å². The maximum absolute atomic E-state index is 13.8. The summed E-state index contributed by atoms with van der Waals surface area (Å²) in [6.07, 6.45) is 1.39. The maximum Gasteiger partial charge on any atom is 0.354 e. The molecule has 8 heteroatoms. The average Bonchev–Trinajstić information content (AvgIpc) is 2.90. The van der Waals surface area contributed by atoms with Gasteiger partial charge in [-0.2, -0.15) is 0 Å². The van der Waals surface area contributed by atoms with Crippen LogP contribution in [0.5, 0.6) is 5.75 Å². The Balaban J connectivity index is 1.54. The molecule has 0 atom stereocenters. The molecule has 2 aromatic rings. The number of carbonyl (C=O) groups is 2. The number of aromatic carboxylic acids is 1. The Hall–Kier alpha value is -3.03. The number of hydrogen-bond acceptors (Lipinski definition) is 4. The summed E-state index contributed by atoms with van der Waals surface area (Å²) >= 11 is 0. The second kappa shape index (κ2) is 6.29. The van der Waals surface area contributed by atoms with Gasteiger partial charge in [0.05, 0.1) is 22.9 Å². The third-order valence-corrected chi connectivity index (χ3v) is 5.22. The molecule has 140 valence electrons.